The van der Waals surface area contributed by atoms with Crippen molar-refractivity contribution in [1.29, 1.82) is 0 Å². The lowest BCUT2D eigenvalue weighted by Crippen LogP contribution is -2.32. The molecule has 0 fully saturated rings. The van der Waals surface area contributed by atoms with E-state index in [9.17, 15) is 4.79 Å². The number of ether oxygens (including phenoxy) is 1. The standard InChI is InChI=1S/C21H27NO2/c1-3-5-11-16-22(17-21(23)24-4-2)20-15-10-9-14-19(20)18-12-7-6-8-13-18/h6-10,12-15H,3-5,11,16-17H2,1-2H3. The molecular formula is C21H27NO2. The van der Waals surface area contributed by atoms with Gasteiger partial charge in [0.05, 0.1) is 6.61 Å². The Morgan fingerprint density at radius 3 is 2.38 bits per heavy atom. The van der Waals surface area contributed by atoms with Gasteiger partial charge in [0, 0.05) is 17.8 Å². The fraction of sp³-hybridized carbons (Fsp3) is 0.381. The van der Waals surface area contributed by atoms with Gasteiger partial charge in [0.25, 0.3) is 0 Å². The van der Waals surface area contributed by atoms with Crippen LogP contribution < -0.4 is 4.90 Å². The van der Waals surface area contributed by atoms with Crippen molar-refractivity contribution in [2.45, 2.75) is 33.1 Å². The minimum absolute atomic E-state index is 0.170. The summed E-state index contributed by atoms with van der Waals surface area (Å²) >= 11 is 0. The Labute approximate surface area is 145 Å². The number of anilines is 1. The number of benzene rings is 2. The molecule has 0 atom stereocenters. The van der Waals surface area contributed by atoms with Gasteiger partial charge in [-0.05, 0) is 25.0 Å². The molecule has 0 saturated heterocycles. The van der Waals surface area contributed by atoms with Crippen molar-refractivity contribution in [3.05, 3.63) is 54.6 Å². The number of hydrogen-bond acceptors (Lipinski definition) is 3. The second-order valence-electron chi connectivity index (χ2n) is 5.82. The molecule has 0 aliphatic rings. The summed E-state index contributed by atoms with van der Waals surface area (Å²) in [5, 5.41) is 0. The summed E-state index contributed by atoms with van der Waals surface area (Å²) in [5.74, 6) is -0.170. The van der Waals surface area contributed by atoms with E-state index in [-0.39, 0.29) is 5.97 Å². The average Bonchev–Trinajstić information content (AvgIpc) is 2.62. The van der Waals surface area contributed by atoms with Crippen LogP contribution in [0.2, 0.25) is 0 Å². The van der Waals surface area contributed by atoms with Gasteiger partial charge in [0.2, 0.25) is 0 Å². The van der Waals surface area contributed by atoms with Crippen molar-refractivity contribution in [1.82, 2.24) is 0 Å². The molecule has 0 heterocycles. The van der Waals surface area contributed by atoms with Crippen LogP contribution in [-0.4, -0.2) is 25.7 Å². The number of hydrogen-bond donors (Lipinski definition) is 0. The van der Waals surface area contributed by atoms with E-state index in [4.69, 9.17) is 4.74 Å². The SMILES string of the molecule is CCCCCN(CC(=O)OCC)c1ccccc1-c1ccccc1. The Hall–Kier alpha value is -2.29. The molecule has 0 saturated carbocycles. The number of unbranched alkanes of at least 4 members (excludes halogenated alkanes) is 2. The van der Waals surface area contributed by atoms with Gasteiger partial charge < -0.3 is 9.64 Å². The molecule has 0 radical (unpaired) electrons. The van der Waals surface area contributed by atoms with E-state index in [0.717, 1.165) is 42.6 Å². The fourth-order valence-corrected chi connectivity index (χ4v) is 2.81. The van der Waals surface area contributed by atoms with Crippen molar-refractivity contribution in [2.75, 3.05) is 24.6 Å². The van der Waals surface area contributed by atoms with Crippen molar-refractivity contribution in [3.63, 3.8) is 0 Å². The highest BCUT2D eigenvalue weighted by Crippen LogP contribution is 2.30. The van der Waals surface area contributed by atoms with Crippen LogP contribution in [0.5, 0.6) is 0 Å². The average molecular weight is 325 g/mol. The van der Waals surface area contributed by atoms with Crippen molar-refractivity contribution >= 4 is 11.7 Å². The number of para-hydroxylation sites is 1. The highest BCUT2D eigenvalue weighted by Gasteiger charge is 2.16. The lowest BCUT2D eigenvalue weighted by Gasteiger charge is -2.26. The molecule has 24 heavy (non-hydrogen) atoms. The maximum atomic E-state index is 12.0. The van der Waals surface area contributed by atoms with Crippen molar-refractivity contribution < 1.29 is 9.53 Å². The van der Waals surface area contributed by atoms with E-state index >= 15 is 0 Å². The smallest absolute Gasteiger partial charge is 0.325 e. The summed E-state index contributed by atoms with van der Waals surface area (Å²) in [6, 6.07) is 18.6. The first-order valence-corrected chi connectivity index (χ1v) is 8.81. The summed E-state index contributed by atoms with van der Waals surface area (Å²) in [4.78, 5) is 14.2. The highest BCUT2D eigenvalue weighted by molar-refractivity contribution is 5.82. The van der Waals surface area contributed by atoms with E-state index in [1.165, 1.54) is 0 Å². The first-order chi connectivity index (χ1) is 11.8. The van der Waals surface area contributed by atoms with Gasteiger partial charge in [0.15, 0.2) is 0 Å². The number of carbonyl (C=O) groups is 1. The Bertz CT molecular complexity index is 625. The van der Waals surface area contributed by atoms with Gasteiger partial charge in [0.1, 0.15) is 6.54 Å². The van der Waals surface area contributed by atoms with Gasteiger partial charge in [-0.15, -0.1) is 0 Å². The van der Waals surface area contributed by atoms with Crippen LogP contribution in [-0.2, 0) is 9.53 Å². The quantitative estimate of drug-likeness (QED) is 0.484. The van der Waals surface area contributed by atoms with Crippen LogP contribution in [0, 0.1) is 0 Å². The first-order valence-electron chi connectivity index (χ1n) is 8.81. The third kappa shape index (κ3) is 5.12. The number of rotatable bonds is 9. The molecule has 0 bridgehead atoms. The second-order valence-corrected chi connectivity index (χ2v) is 5.82. The third-order valence-electron chi connectivity index (χ3n) is 3.99. The van der Waals surface area contributed by atoms with Crippen molar-refractivity contribution in [2.24, 2.45) is 0 Å². The van der Waals surface area contributed by atoms with Crippen LogP contribution in [0.3, 0.4) is 0 Å². The molecule has 0 aromatic heterocycles. The summed E-state index contributed by atoms with van der Waals surface area (Å²) < 4.78 is 5.17. The van der Waals surface area contributed by atoms with E-state index in [0.29, 0.717) is 13.2 Å². The van der Waals surface area contributed by atoms with Gasteiger partial charge in [-0.1, -0.05) is 68.3 Å². The van der Waals surface area contributed by atoms with Crippen LogP contribution >= 0.6 is 0 Å². The molecule has 3 heteroatoms. The number of nitrogens with zero attached hydrogens (tertiary/aromatic N) is 1. The highest BCUT2D eigenvalue weighted by atomic mass is 16.5. The molecule has 0 unspecified atom stereocenters. The maximum absolute atomic E-state index is 12.0. The maximum Gasteiger partial charge on any atom is 0.325 e. The monoisotopic (exact) mass is 325 g/mol. The Morgan fingerprint density at radius 2 is 1.67 bits per heavy atom. The van der Waals surface area contributed by atoms with E-state index in [1.54, 1.807) is 0 Å². The lowest BCUT2D eigenvalue weighted by atomic mass is 10.0. The van der Waals surface area contributed by atoms with E-state index < -0.39 is 0 Å². The molecule has 0 amide bonds. The van der Waals surface area contributed by atoms with Crippen molar-refractivity contribution in [3.8, 4) is 11.1 Å². The van der Waals surface area contributed by atoms with Crippen LogP contribution in [0.1, 0.15) is 33.1 Å². The number of esters is 1. The van der Waals surface area contributed by atoms with E-state index in [2.05, 4.69) is 36.1 Å². The van der Waals surface area contributed by atoms with E-state index in [1.807, 2.05) is 37.3 Å². The van der Waals surface area contributed by atoms with Gasteiger partial charge in [-0.3, -0.25) is 4.79 Å². The zero-order chi connectivity index (χ0) is 17.2. The zero-order valence-electron chi connectivity index (χ0n) is 14.7. The Kier molecular flexibility index (Phi) is 7.34. The van der Waals surface area contributed by atoms with Crippen LogP contribution in [0.25, 0.3) is 11.1 Å². The summed E-state index contributed by atoms with van der Waals surface area (Å²) in [7, 11) is 0. The largest absolute Gasteiger partial charge is 0.465 e. The lowest BCUT2D eigenvalue weighted by molar-refractivity contribution is -0.141. The summed E-state index contributed by atoms with van der Waals surface area (Å²) in [6.07, 6.45) is 3.39. The van der Waals surface area contributed by atoms with Gasteiger partial charge in [-0.25, -0.2) is 0 Å². The Balaban J connectivity index is 2.29. The molecule has 128 valence electrons. The summed E-state index contributed by atoms with van der Waals surface area (Å²) in [6.45, 7) is 5.60. The molecule has 0 aliphatic carbocycles. The molecule has 2 aromatic rings. The molecular weight excluding hydrogens is 298 g/mol. The minimum atomic E-state index is -0.170. The molecule has 0 spiro atoms. The molecule has 2 aromatic carbocycles. The predicted molar refractivity (Wildman–Crippen MR) is 100 cm³/mol. The molecule has 0 N–H and O–H groups in total. The molecule has 0 aliphatic heterocycles. The topological polar surface area (TPSA) is 29.5 Å². The molecule has 2 rings (SSSR count). The van der Waals surface area contributed by atoms with Gasteiger partial charge >= 0.3 is 5.97 Å². The minimum Gasteiger partial charge on any atom is -0.465 e. The zero-order valence-corrected chi connectivity index (χ0v) is 14.7. The van der Waals surface area contributed by atoms with Crippen LogP contribution in [0.4, 0.5) is 5.69 Å². The first kappa shape index (κ1) is 18.1. The fourth-order valence-electron chi connectivity index (χ4n) is 2.81. The number of carbonyl (C=O) groups excluding carboxylic acids is 1. The predicted octanol–water partition coefficient (Wildman–Crippen LogP) is 4.91. The Morgan fingerprint density at radius 1 is 0.958 bits per heavy atom. The third-order valence-corrected chi connectivity index (χ3v) is 3.99. The van der Waals surface area contributed by atoms with Gasteiger partial charge in [-0.2, -0.15) is 0 Å². The van der Waals surface area contributed by atoms with Crippen LogP contribution in [0.15, 0.2) is 54.6 Å². The molecule has 3 nitrogen and oxygen atoms in total. The normalized spacial score (nSPS) is 10.4. The summed E-state index contributed by atoms with van der Waals surface area (Å²) in [5.41, 5.74) is 3.41. The second kappa shape index (κ2) is 9.76.